The van der Waals surface area contributed by atoms with Crippen molar-refractivity contribution in [2.24, 2.45) is 0 Å². The molecule has 0 N–H and O–H groups in total. The number of para-hydroxylation sites is 2. The van der Waals surface area contributed by atoms with Gasteiger partial charge in [0.1, 0.15) is 0 Å². The van der Waals surface area contributed by atoms with Crippen LogP contribution < -0.4 is 0 Å². The first kappa shape index (κ1) is 46.5. The minimum absolute atomic E-state index is 0.535. The number of nitrogens with zero attached hydrogens (tertiary/aromatic N) is 2. The summed E-state index contributed by atoms with van der Waals surface area (Å²) in [6.07, 6.45) is 0. The Labute approximate surface area is 471 Å². The molecule has 1 aliphatic carbocycles. The molecule has 0 atom stereocenters. The summed E-state index contributed by atoms with van der Waals surface area (Å²) in [6.45, 7) is 0. The van der Waals surface area contributed by atoms with Crippen LogP contribution in [0.15, 0.2) is 315 Å². The molecule has 2 aromatic heterocycles. The highest BCUT2D eigenvalue weighted by Crippen LogP contribution is 2.58. The molecule has 1 aliphatic rings. The van der Waals surface area contributed by atoms with E-state index in [1.165, 1.54) is 133 Å². The first-order valence-electron chi connectivity index (χ1n) is 28.1. The van der Waals surface area contributed by atoms with Crippen molar-refractivity contribution in [3.63, 3.8) is 0 Å². The van der Waals surface area contributed by atoms with E-state index >= 15 is 0 Å². The molecule has 0 unspecified atom stereocenters. The molecule has 2 nitrogen and oxygen atoms in total. The Morgan fingerprint density at radius 3 is 1.15 bits per heavy atom. The quantitative estimate of drug-likeness (QED) is 0.136. The van der Waals surface area contributed by atoms with Gasteiger partial charge in [-0.3, -0.25) is 0 Å². The fourth-order valence-electron chi connectivity index (χ4n) is 13.6. The molecule has 0 spiro atoms. The van der Waals surface area contributed by atoms with Crippen molar-refractivity contribution in [1.29, 1.82) is 0 Å². The maximum absolute atomic E-state index is 2.44. The molecule has 16 rings (SSSR count). The van der Waals surface area contributed by atoms with E-state index in [1.807, 2.05) is 0 Å². The highest BCUT2D eigenvalue weighted by molar-refractivity contribution is 6.13. The summed E-state index contributed by atoms with van der Waals surface area (Å²) in [4.78, 5) is 0. The summed E-state index contributed by atoms with van der Waals surface area (Å²) in [6, 6.07) is 117. The molecule has 378 valence electrons. The lowest BCUT2D eigenvalue weighted by Crippen LogP contribution is -2.29. The molecule has 2 heterocycles. The molecular weight excluding hydrogens is 977 g/mol. The summed E-state index contributed by atoms with van der Waals surface area (Å²) in [5.74, 6) is 0. The van der Waals surface area contributed by atoms with Crippen molar-refractivity contribution in [3.05, 3.63) is 338 Å². The van der Waals surface area contributed by atoms with Gasteiger partial charge < -0.3 is 9.13 Å². The summed E-state index contributed by atoms with van der Waals surface area (Å²) < 4.78 is 4.83. The van der Waals surface area contributed by atoms with E-state index in [2.05, 4.69) is 325 Å². The van der Waals surface area contributed by atoms with Gasteiger partial charge in [-0.25, -0.2) is 0 Å². The number of fused-ring (bicyclic) bond motifs is 9. The first-order valence-corrected chi connectivity index (χ1v) is 28.1. The Hall–Kier alpha value is -10.5. The van der Waals surface area contributed by atoms with Crippen LogP contribution in [-0.4, -0.2) is 9.13 Å². The molecule has 0 radical (unpaired) electrons. The molecule has 0 bridgehead atoms. The van der Waals surface area contributed by atoms with E-state index in [-0.39, 0.29) is 0 Å². The van der Waals surface area contributed by atoms with Crippen molar-refractivity contribution >= 4 is 43.6 Å². The fourth-order valence-corrected chi connectivity index (χ4v) is 13.6. The van der Waals surface area contributed by atoms with Gasteiger partial charge in [0.2, 0.25) is 0 Å². The average Bonchev–Trinajstić information content (AvgIpc) is 4.36. The predicted octanol–water partition coefficient (Wildman–Crippen LogP) is 20.6. The Balaban J connectivity index is 0.728. The zero-order valence-electron chi connectivity index (χ0n) is 44.4. The third kappa shape index (κ3) is 7.42. The summed E-state index contributed by atoms with van der Waals surface area (Å²) in [5.41, 5.74) is 26.3. The van der Waals surface area contributed by atoms with Gasteiger partial charge in [-0.2, -0.15) is 0 Å². The lowest BCUT2D eigenvalue weighted by Gasteiger charge is -2.36. The van der Waals surface area contributed by atoms with E-state index in [4.69, 9.17) is 0 Å². The van der Waals surface area contributed by atoms with Crippen LogP contribution in [-0.2, 0) is 5.41 Å². The molecule has 0 saturated heterocycles. The topological polar surface area (TPSA) is 9.86 Å². The van der Waals surface area contributed by atoms with E-state index in [0.717, 1.165) is 11.4 Å². The van der Waals surface area contributed by atoms with Crippen LogP contribution in [0.1, 0.15) is 22.3 Å². The van der Waals surface area contributed by atoms with E-state index in [9.17, 15) is 0 Å². The minimum Gasteiger partial charge on any atom is -0.309 e. The second kappa shape index (κ2) is 18.8. The first-order chi connectivity index (χ1) is 40.2. The maximum Gasteiger partial charge on any atom is 0.0719 e. The van der Waals surface area contributed by atoms with Crippen molar-refractivity contribution in [2.45, 2.75) is 5.41 Å². The van der Waals surface area contributed by atoms with Gasteiger partial charge in [-0.15, -0.1) is 0 Å². The van der Waals surface area contributed by atoms with E-state index in [0.29, 0.717) is 0 Å². The third-order valence-electron chi connectivity index (χ3n) is 17.2. The zero-order chi connectivity index (χ0) is 53.4. The Kier molecular flexibility index (Phi) is 10.8. The van der Waals surface area contributed by atoms with Crippen molar-refractivity contribution in [3.8, 4) is 78.1 Å². The second-order valence-electron chi connectivity index (χ2n) is 21.5. The van der Waals surface area contributed by atoms with Crippen LogP contribution in [0.25, 0.3) is 122 Å². The molecule has 0 saturated carbocycles. The summed E-state index contributed by atoms with van der Waals surface area (Å²) in [5, 5.41) is 4.96. The number of rotatable bonds is 9. The Bertz CT molecular complexity index is 4860. The largest absolute Gasteiger partial charge is 0.309 e. The molecule has 15 aromatic rings. The Morgan fingerprint density at radius 1 is 0.198 bits per heavy atom. The van der Waals surface area contributed by atoms with Gasteiger partial charge in [-0.05, 0) is 156 Å². The van der Waals surface area contributed by atoms with Crippen LogP contribution in [0.4, 0.5) is 0 Å². The summed E-state index contributed by atoms with van der Waals surface area (Å²) >= 11 is 0. The monoisotopic (exact) mass is 1030 g/mol. The van der Waals surface area contributed by atoms with Crippen LogP contribution in [0.2, 0.25) is 0 Å². The maximum atomic E-state index is 2.44. The molecule has 0 aliphatic heterocycles. The number of benzene rings is 13. The molecule has 81 heavy (non-hydrogen) atoms. The molecular formula is C79H52N2. The highest BCUT2D eigenvalue weighted by Gasteiger charge is 2.47. The number of hydrogen-bond donors (Lipinski definition) is 0. The normalized spacial score (nSPS) is 12.5. The van der Waals surface area contributed by atoms with Crippen molar-refractivity contribution in [1.82, 2.24) is 9.13 Å². The van der Waals surface area contributed by atoms with Crippen LogP contribution in [0.3, 0.4) is 0 Å². The van der Waals surface area contributed by atoms with Crippen LogP contribution in [0, 0.1) is 0 Å². The molecule has 0 amide bonds. The second-order valence-corrected chi connectivity index (χ2v) is 21.5. The third-order valence-corrected chi connectivity index (χ3v) is 17.2. The zero-order valence-corrected chi connectivity index (χ0v) is 44.4. The van der Waals surface area contributed by atoms with Gasteiger partial charge in [0, 0.05) is 32.9 Å². The van der Waals surface area contributed by atoms with Crippen molar-refractivity contribution in [2.75, 3.05) is 0 Å². The highest BCUT2D eigenvalue weighted by atomic mass is 15.0. The van der Waals surface area contributed by atoms with Gasteiger partial charge >= 0.3 is 0 Å². The lowest BCUT2D eigenvalue weighted by atomic mass is 9.65. The van der Waals surface area contributed by atoms with Gasteiger partial charge in [0.15, 0.2) is 0 Å². The Morgan fingerprint density at radius 2 is 0.568 bits per heavy atom. The fraction of sp³-hybridized carbons (Fsp3) is 0.0127. The smallest absolute Gasteiger partial charge is 0.0719 e. The molecule has 13 aromatic carbocycles. The van der Waals surface area contributed by atoms with Gasteiger partial charge in [-0.1, -0.05) is 249 Å². The molecule has 2 heteroatoms. The van der Waals surface area contributed by atoms with Crippen LogP contribution >= 0.6 is 0 Å². The van der Waals surface area contributed by atoms with Gasteiger partial charge in [0.05, 0.1) is 27.5 Å². The standard InChI is InChI=1S/C79H52N2/c1-3-19-53(20-4-1)59-24-18-26-64(50-59)81-76-36-16-11-31-69(76)71-52-61(44-48-78(71)81)60-43-47-77-70(51-60)68-30-10-15-35-75(68)80(77)63-45-41-55(42-46-63)54-37-39-56(40-38-54)58-23-17-25-62(49-58)79(72-32-12-7-27-65(72)57-21-5-2-6-22-57)73-33-13-8-28-66(73)67-29-9-14-34-74(67)79/h1-52H. The SMILES string of the molecule is c1ccc(-c2cccc(-n3c4ccccc4c4cc(-c5ccc6c(c5)c5ccccc5n6-c5ccc(-c6ccc(-c7cccc(C8(c9ccccc9-c9ccccc9)c9ccccc9-c9ccccc98)c7)cc6)cc5)ccc43)c2)cc1. The van der Waals surface area contributed by atoms with E-state index in [1.54, 1.807) is 0 Å². The van der Waals surface area contributed by atoms with Crippen LogP contribution in [0.5, 0.6) is 0 Å². The number of aromatic nitrogens is 2. The number of hydrogen-bond acceptors (Lipinski definition) is 0. The molecule has 0 fully saturated rings. The van der Waals surface area contributed by atoms with E-state index < -0.39 is 5.41 Å². The minimum atomic E-state index is -0.535. The summed E-state index contributed by atoms with van der Waals surface area (Å²) in [7, 11) is 0. The van der Waals surface area contributed by atoms with Gasteiger partial charge in [0.25, 0.3) is 0 Å². The predicted molar refractivity (Wildman–Crippen MR) is 340 cm³/mol. The lowest BCUT2D eigenvalue weighted by molar-refractivity contribution is 0.771. The average molecular weight is 1030 g/mol. The van der Waals surface area contributed by atoms with Crippen molar-refractivity contribution < 1.29 is 0 Å².